The van der Waals surface area contributed by atoms with Gasteiger partial charge in [0.05, 0.1) is 5.25 Å². The van der Waals surface area contributed by atoms with Gasteiger partial charge in [0.25, 0.3) is 0 Å². The van der Waals surface area contributed by atoms with Gasteiger partial charge in [0, 0.05) is 12.3 Å². The fourth-order valence-corrected chi connectivity index (χ4v) is 2.05. The summed E-state index contributed by atoms with van der Waals surface area (Å²) in [6.07, 6.45) is 1.10. The summed E-state index contributed by atoms with van der Waals surface area (Å²) in [5.74, 6) is 0.903. The van der Waals surface area contributed by atoms with Gasteiger partial charge in [-0.25, -0.2) is 8.42 Å². The molecule has 0 saturated carbocycles. The minimum Gasteiger partial charge on any atom is -0.315 e. The first-order chi connectivity index (χ1) is 6.40. The van der Waals surface area contributed by atoms with Crippen LogP contribution in [-0.4, -0.2) is 32.5 Å². The van der Waals surface area contributed by atoms with Crippen molar-refractivity contribution < 1.29 is 8.42 Å². The van der Waals surface area contributed by atoms with Gasteiger partial charge >= 0.3 is 0 Å². The van der Waals surface area contributed by atoms with E-state index in [4.69, 9.17) is 0 Å². The van der Waals surface area contributed by atoms with E-state index in [1.54, 1.807) is 13.8 Å². The highest BCUT2D eigenvalue weighted by atomic mass is 32.2. The van der Waals surface area contributed by atoms with Crippen LogP contribution in [0.4, 0.5) is 0 Å². The fourth-order valence-electron chi connectivity index (χ4n) is 1.11. The molecule has 0 aliphatic heterocycles. The van der Waals surface area contributed by atoms with Crippen molar-refractivity contribution >= 4 is 9.84 Å². The van der Waals surface area contributed by atoms with Gasteiger partial charge in [-0.1, -0.05) is 20.8 Å². The molecular formula is C10H23NO2S. The van der Waals surface area contributed by atoms with E-state index in [0.717, 1.165) is 13.0 Å². The first-order valence-corrected chi connectivity index (χ1v) is 7.04. The highest BCUT2D eigenvalue weighted by molar-refractivity contribution is 7.92. The Kier molecular flexibility index (Phi) is 6.36. The molecule has 0 aromatic rings. The zero-order valence-electron chi connectivity index (χ0n) is 9.71. The van der Waals surface area contributed by atoms with Crippen LogP contribution in [0.2, 0.25) is 0 Å². The summed E-state index contributed by atoms with van der Waals surface area (Å²) in [4.78, 5) is 0. The summed E-state index contributed by atoms with van der Waals surface area (Å²) in [5.41, 5.74) is 0. The Hall–Kier alpha value is -0.0900. The molecule has 1 N–H and O–H groups in total. The average molecular weight is 221 g/mol. The van der Waals surface area contributed by atoms with E-state index in [0.29, 0.717) is 12.5 Å². The highest BCUT2D eigenvalue weighted by Crippen LogP contribution is 2.01. The normalized spacial score (nSPS) is 14.6. The van der Waals surface area contributed by atoms with Crippen molar-refractivity contribution in [3.63, 3.8) is 0 Å². The molecule has 0 rings (SSSR count). The largest absolute Gasteiger partial charge is 0.315 e. The van der Waals surface area contributed by atoms with Gasteiger partial charge < -0.3 is 5.32 Å². The third-order valence-electron chi connectivity index (χ3n) is 2.35. The van der Waals surface area contributed by atoms with E-state index < -0.39 is 9.84 Å². The van der Waals surface area contributed by atoms with Crippen molar-refractivity contribution in [2.75, 3.05) is 18.8 Å². The van der Waals surface area contributed by atoms with Crippen LogP contribution in [0.25, 0.3) is 0 Å². The zero-order chi connectivity index (χ0) is 11.2. The van der Waals surface area contributed by atoms with E-state index in [2.05, 4.69) is 19.2 Å². The third kappa shape index (κ3) is 5.60. The Bertz CT molecular complexity index is 235. The predicted octanol–water partition coefficient (Wildman–Crippen LogP) is 1.45. The lowest BCUT2D eigenvalue weighted by Gasteiger charge is -2.13. The average Bonchev–Trinajstić information content (AvgIpc) is 2.11. The molecule has 0 saturated heterocycles. The standard InChI is InChI=1S/C10H23NO2S/c1-5-14(12,13)10(4)8-11-7-6-9(2)3/h9-11H,5-8H2,1-4H3. The van der Waals surface area contributed by atoms with Gasteiger partial charge in [-0.3, -0.25) is 0 Å². The van der Waals surface area contributed by atoms with Crippen LogP contribution in [0.1, 0.15) is 34.1 Å². The molecule has 86 valence electrons. The minimum absolute atomic E-state index is 0.236. The highest BCUT2D eigenvalue weighted by Gasteiger charge is 2.17. The Labute approximate surface area is 88.2 Å². The second-order valence-electron chi connectivity index (χ2n) is 4.15. The lowest BCUT2D eigenvalue weighted by molar-refractivity contribution is 0.529. The lowest BCUT2D eigenvalue weighted by atomic mass is 10.1. The molecule has 0 aliphatic carbocycles. The quantitative estimate of drug-likeness (QED) is 0.662. The second kappa shape index (κ2) is 6.40. The van der Waals surface area contributed by atoms with Gasteiger partial charge in [0.1, 0.15) is 0 Å². The van der Waals surface area contributed by atoms with Crippen molar-refractivity contribution in [3.05, 3.63) is 0 Å². The summed E-state index contributed by atoms with van der Waals surface area (Å²) in [6.45, 7) is 9.26. The van der Waals surface area contributed by atoms with E-state index in [1.807, 2.05) is 0 Å². The van der Waals surface area contributed by atoms with Crippen LogP contribution in [0.5, 0.6) is 0 Å². The van der Waals surface area contributed by atoms with Gasteiger partial charge in [-0.2, -0.15) is 0 Å². The van der Waals surface area contributed by atoms with E-state index in [9.17, 15) is 8.42 Å². The summed E-state index contributed by atoms with van der Waals surface area (Å²) >= 11 is 0. The van der Waals surface area contributed by atoms with Crippen molar-refractivity contribution in [1.29, 1.82) is 0 Å². The van der Waals surface area contributed by atoms with Gasteiger partial charge in [-0.05, 0) is 25.8 Å². The molecule has 0 spiro atoms. The number of sulfone groups is 1. The Balaban J connectivity index is 3.70. The number of hydrogen-bond donors (Lipinski definition) is 1. The maximum absolute atomic E-state index is 11.4. The van der Waals surface area contributed by atoms with Crippen LogP contribution < -0.4 is 5.32 Å². The molecular weight excluding hydrogens is 198 g/mol. The first-order valence-electron chi connectivity index (χ1n) is 5.32. The molecule has 0 aliphatic rings. The lowest BCUT2D eigenvalue weighted by Crippen LogP contribution is -2.32. The smallest absolute Gasteiger partial charge is 0.153 e. The first kappa shape index (κ1) is 13.9. The van der Waals surface area contributed by atoms with Gasteiger partial charge in [0.15, 0.2) is 9.84 Å². The molecule has 0 fully saturated rings. The van der Waals surface area contributed by atoms with Crippen molar-refractivity contribution in [2.45, 2.75) is 39.4 Å². The molecule has 1 unspecified atom stereocenters. The summed E-state index contributed by atoms with van der Waals surface area (Å²) in [7, 11) is -2.86. The molecule has 3 nitrogen and oxygen atoms in total. The van der Waals surface area contributed by atoms with Crippen LogP contribution in [0, 0.1) is 5.92 Å². The minimum atomic E-state index is -2.86. The van der Waals surface area contributed by atoms with E-state index in [-0.39, 0.29) is 11.0 Å². The molecule has 0 radical (unpaired) electrons. The van der Waals surface area contributed by atoms with Crippen LogP contribution in [0.3, 0.4) is 0 Å². The van der Waals surface area contributed by atoms with Crippen molar-refractivity contribution in [1.82, 2.24) is 5.32 Å². The monoisotopic (exact) mass is 221 g/mol. The second-order valence-corrected chi connectivity index (χ2v) is 6.86. The van der Waals surface area contributed by atoms with Crippen LogP contribution in [-0.2, 0) is 9.84 Å². The topological polar surface area (TPSA) is 46.2 Å². The molecule has 1 atom stereocenters. The Morgan fingerprint density at radius 2 is 1.79 bits per heavy atom. The molecule has 0 aromatic heterocycles. The Morgan fingerprint density at radius 3 is 2.21 bits per heavy atom. The van der Waals surface area contributed by atoms with Crippen molar-refractivity contribution in [2.24, 2.45) is 5.92 Å². The van der Waals surface area contributed by atoms with Gasteiger partial charge in [0.2, 0.25) is 0 Å². The molecule has 14 heavy (non-hydrogen) atoms. The fraction of sp³-hybridized carbons (Fsp3) is 1.00. The van der Waals surface area contributed by atoms with Crippen LogP contribution >= 0.6 is 0 Å². The number of rotatable bonds is 7. The van der Waals surface area contributed by atoms with Crippen molar-refractivity contribution in [3.8, 4) is 0 Å². The molecule has 0 heterocycles. The SMILES string of the molecule is CCS(=O)(=O)C(C)CNCCC(C)C. The van der Waals surface area contributed by atoms with E-state index in [1.165, 1.54) is 0 Å². The molecule has 4 heteroatoms. The molecule has 0 bridgehead atoms. The third-order valence-corrected chi connectivity index (χ3v) is 4.54. The maximum atomic E-state index is 11.4. The molecule has 0 amide bonds. The van der Waals surface area contributed by atoms with Crippen LogP contribution in [0.15, 0.2) is 0 Å². The predicted molar refractivity (Wildman–Crippen MR) is 61.2 cm³/mol. The zero-order valence-corrected chi connectivity index (χ0v) is 10.5. The number of hydrogen-bond acceptors (Lipinski definition) is 3. The van der Waals surface area contributed by atoms with Gasteiger partial charge in [-0.15, -0.1) is 0 Å². The number of nitrogens with one attached hydrogen (secondary N) is 1. The Morgan fingerprint density at radius 1 is 1.21 bits per heavy atom. The summed E-state index contributed by atoms with van der Waals surface area (Å²) in [6, 6.07) is 0. The summed E-state index contributed by atoms with van der Waals surface area (Å²) in [5, 5.41) is 2.91. The van der Waals surface area contributed by atoms with E-state index >= 15 is 0 Å². The maximum Gasteiger partial charge on any atom is 0.153 e. The molecule has 0 aromatic carbocycles. The summed E-state index contributed by atoms with van der Waals surface area (Å²) < 4.78 is 22.8.